The first-order valence-corrected chi connectivity index (χ1v) is 6.21. The van der Waals surface area contributed by atoms with E-state index in [1.54, 1.807) is 7.11 Å². The van der Waals surface area contributed by atoms with Crippen molar-refractivity contribution in [3.8, 4) is 18.1 Å². The van der Waals surface area contributed by atoms with Crippen molar-refractivity contribution in [1.29, 1.82) is 0 Å². The van der Waals surface area contributed by atoms with Crippen molar-refractivity contribution < 1.29 is 9.47 Å². The van der Waals surface area contributed by atoms with E-state index in [0.717, 1.165) is 38.3 Å². The van der Waals surface area contributed by atoms with E-state index in [9.17, 15) is 0 Å². The summed E-state index contributed by atoms with van der Waals surface area (Å²) >= 11 is 0. The topological polar surface area (TPSA) is 30.5 Å². The molecule has 98 valence electrons. The summed E-state index contributed by atoms with van der Waals surface area (Å²) in [6, 6.07) is 8.11. The van der Waals surface area contributed by atoms with Crippen molar-refractivity contribution in [1.82, 2.24) is 5.32 Å². The zero-order chi connectivity index (χ0) is 13.1. The van der Waals surface area contributed by atoms with Gasteiger partial charge in [-0.3, -0.25) is 0 Å². The maximum atomic E-state index is 5.57. The Kier molecular flexibility index (Phi) is 7.70. The molecule has 1 N–H and O–H groups in total. The Balaban J connectivity index is 2.23. The zero-order valence-corrected chi connectivity index (χ0v) is 10.9. The number of hydrogen-bond donors (Lipinski definition) is 1. The van der Waals surface area contributed by atoms with Gasteiger partial charge in [0.05, 0.1) is 13.2 Å². The summed E-state index contributed by atoms with van der Waals surface area (Å²) in [6.45, 7) is 3.12. The zero-order valence-electron chi connectivity index (χ0n) is 10.9. The fourth-order valence-electron chi connectivity index (χ4n) is 1.47. The number of benzene rings is 1. The summed E-state index contributed by atoms with van der Waals surface area (Å²) in [5.74, 6) is 3.49. The summed E-state index contributed by atoms with van der Waals surface area (Å²) in [5.41, 5.74) is 1.24. The van der Waals surface area contributed by atoms with Crippen LogP contribution in [0, 0.1) is 12.3 Å². The fourth-order valence-corrected chi connectivity index (χ4v) is 1.47. The minimum atomic E-state index is 0.676. The Labute approximate surface area is 109 Å². The molecule has 0 saturated heterocycles. The predicted octanol–water partition coefficient (Wildman–Crippen LogP) is 2.21. The highest BCUT2D eigenvalue weighted by Crippen LogP contribution is 2.12. The van der Waals surface area contributed by atoms with E-state index in [1.807, 2.05) is 12.1 Å². The Morgan fingerprint density at radius 2 is 2.00 bits per heavy atom. The van der Waals surface area contributed by atoms with Crippen LogP contribution in [0.4, 0.5) is 0 Å². The first-order valence-electron chi connectivity index (χ1n) is 6.21. The second kappa shape index (κ2) is 9.52. The Morgan fingerprint density at radius 1 is 1.22 bits per heavy atom. The molecule has 0 aliphatic carbocycles. The molecule has 0 aliphatic heterocycles. The van der Waals surface area contributed by atoms with E-state index < -0.39 is 0 Å². The third-order valence-corrected chi connectivity index (χ3v) is 2.47. The fraction of sp³-hybridized carbons (Fsp3) is 0.467. The molecular weight excluding hydrogens is 226 g/mol. The summed E-state index contributed by atoms with van der Waals surface area (Å²) in [4.78, 5) is 0. The minimum Gasteiger partial charge on any atom is -0.494 e. The molecule has 1 rings (SSSR count). The van der Waals surface area contributed by atoms with E-state index >= 15 is 0 Å². The minimum absolute atomic E-state index is 0.676. The molecule has 0 atom stereocenters. The molecule has 3 nitrogen and oxygen atoms in total. The van der Waals surface area contributed by atoms with Gasteiger partial charge in [0.15, 0.2) is 0 Å². The molecule has 1 aromatic carbocycles. The molecule has 0 aromatic heterocycles. The summed E-state index contributed by atoms with van der Waals surface area (Å²) in [6.07, 6.45) is 6.84. The van der Waals surface area contributed by atoms with Crippen LogP contribution in [0.1, 0.15) is 18.4 Å². The molecule has 3 heteroatoms. The van der Waals surface area contributed by atoms with Gasteiger partial charge in [0.1, 0.15) is 5.75 Å². The number of hydrogen-bond acceptors (Lipinski definition) is 3. The van der Waals surface area contributed by atoms with Crippen molar-refractivity contribution >= 4 is 0 Å². The normalized spacial score (nSPS) is 10.0. The van der Waals surface area contributed by atoms with E-state index in [2.05, 4.69) is 23.4 Å². The second-order valence-electron chi connectivity index (χ2n) is 3.97. The monoisotopic (exact) mass is 247 g/mol. The second-order valence-corrected chi connectivity index (χ2v) is 3.97. The molecule has 18 heavy (non-hydrogen) atoms. The quantitative estimate of drug-likeness (QED) is 0.536. The lowest BCUT2D eigenvalue weighted by Crippen LogP contribution is -2.18. The van der Waals surface area contributed by atoms with Crippen molar-refractivity contribution in [3.05, 3.63) is 29.8 Å². The van der Waals surface area contributed by atoms with Crippen molar-refractivity contribution in [3.63, 3.8) is 0 Å². The van der Waals surface area contributed by atoms with Gasteiger partial charge in [-0.1, -0.05) is 12.1 Å². The highest BCUT2D eigenvalue weighted by Gasteiger charge is 1.95. The summed E-state index contributed by atoms with van der Waals surface area (Å²) in [5, 5.41) is 3.29. The SMILES string of the molecule is C#CCCCOc1ccc(CNCCOC)cc1. The third-order valence-electron chi connectivity index (χ3n) is 2.47. The van der Waals surface area contributed by atoms with Gasteiger partial charge in [-0.25, -0.2) is 0 Å². The highest BCUT2D eigenvalue weighted by atomic mass is 16.5. The molecule has 0 fully saturated rings. The van der Waals surface area contributed by atoms with E-state index in [0.29, 0.717) is 6.61 Å². The standard InChI is InChI=1S/C15H21NO2/c1-3-4-5-11-18-15-8-6-14(7-9-15)13-16-10-12-17-2/h1,6-9,16H,4-5,10-13H2,2H3. The van der Waals surface area contributed by atoms with Gasteiger partial charge in [0.2, 0.25) is 0 Å². The highest BCUT2D eigenvalue weighted by molar-refractivity contribution is 5.27. The first-order chi connectivity index (χ1) is 8.86. The largest absolute Gasteiger partial charge is 0.494 e. The van der Waals surface area contributed by atoms with Gasteiger partial charge in [-0.15, -0.1) is 12.3 Å². The van der Waals surface area contributed by atoms with Crippen molar-refractivity contribution in [2.75, 3.05) is 26.9 Å². The molecular formula is C15H21NO2. The maximum Gasteiger partial charge on any atom is 0.119 e. The lowest BCUT2D eigenvalue weighted by molar-refractivity contribution is 0.199. The van der Waals surface area contributed by atoms with Gasteiger partial charge >= 0.3 is 0 Å². The van der Waals surface area contributed by atoms with E-state index in [1.165, 1.54) is 5.56 Å². The Hall–Kier alpha value is -1.50. The number of rotatable bonds is 9. The van der Waals surface area contributed by atoms with Crippen LogP contribution in [-0.2, 0) is 11.3 Å². The molecule has 0 amide bonds. The van der Waals surface area contributed by atoms with Gasteiger partial charge in [0, 0.05) is 26.6 Å². The van der Waals surface area contributed by atoms with Crippen LogP contribution in [0.15, 0.2) is 24.3 Å². The Morgan fingerprint density at radius 3 is 2.67 bits per heavy atom. The number of nitrogens with one attached hydrogen (secondary N) is 1. The van der Waals surface area contributed by atoms with Crippen LogP contribution in [0.3, 0.4) is 0 Å². The van der Waals surface area contributed by atoms with Crippen LogP contribution in [0.5, 0.6) is 5.75 Å². The van der Waals surface area contributed by atoms with E-state index in [4.69, 9.17) is 15.9 Å². The molecule has 0 spiro atoms. The van der Waals surface area contributed by atoms with Crippen LogP contribution >= 0.6 is 0 Å². The van der Waals surface area contributed by atoms with Crippen molar-refractivity contribution in [2.45, 2.75) is 19.4 Å². The molecule has 0 radical (unpaired) electrons. The molecule has 0 unspecified atom stereocenters. The number of ether oxygens (including phenoxy) is 2. The van der Waals surface area contributed by atoms with Gasteiger partial charge in [-0.05, 0) is 24.1 Å². The maximum absolute atomic E-state index is 5.57. The average molecular weight is 247 g/mol. The van der Waals surface area contributed by atoms with Crippen LogP contribution in [-0.4, -0.2) is 26.9 Å². The summed E-state index contributed by atoms with van der Waals surface area (Å²) in [7, 11) is 1.70. The number of terminal acetylenes is 1. The molecule has 0 heterocycles. The summed E-state index contributed by atoms with van der Waals surface area (Å²) < 4.78 is 10.5. The van der Waals surface area contributed by atoms with Crippen LogP contribution < -0.4 is 10.1 Å². The predicted molar refractivity (Wildman–Crippen MR) is 73.6 cm³/mol. The average Bonchev–Trinajstić information content (AvgIpc) is 2.41. The number of methoxy groups -OCH3 is 1. The van der Waals surface area contributed by atoms with Gasteiger partial charge in [-0.2, -0.15) is 0 Å². The smallest absolute Gasteiger partial charge is 0.119 e. The molecule has 0 saturated carbocycles. The number of unbranched alkanes of at least 4 members (excludes halogenated alkanes) is 1. The first kappa shape index (κ1) is 14.6. The van der Waals surface area contributed by atoms with Gasteiger partial charge < -0.3 is 14.8 Å². The Bertz CT molecular complexity index is 354. The van der Waals surface area contributed by atoms with Crippen LogP contribution in [0.2, 0.25) is 0 Å². The molecule has 0 aliphatic rings. The third kappa shape index (κ3) is 6.29. The molecule has 0 bridgehead atoms. The molecule has 1 aromatic rings. The van der Waals surface area contributed by atoms with Crippen molar-refractivity contribution in [2.24, 2.45) is 0 Å². The lowest BCUT2D eigenvalue weighted by atomic mass is 10.2. The van der Waals surface area contributed by atoms with E-state index in [-0.39, 0.29) is 0 Å². The van der Waals surface area contributed by atoms with Crippen LogP contribution in [0.25, 0.3) is 0 Å². The lowest BCUT2D eigenvalue weighted by Gasteiger charge is -2.07. The van der Waals surface area contributed by atoms with Gasteiger partial charge in [0.25, 0.3) is 0 Å².